The predicted molar refractivity (Wildman–Crippen MR) is 116 cm³/mol. The van der Waals surface area contributed by atoms with Crippen LogP contribution in [0, 0.1) is 10.1 Å². The maximum atomic E-state index is 12.7. The number of rotatable bonds is 8. The second kappa shape index (κ2) is 10.3. The SMILES string of the molecule is COc1cc(C(=O)NN=Cc2cc(Br)cc(Br)c2OC)c([N+](=O)[O-])c(OC)c1OC. The molecule has 0 atom stereocenters. The van der Waals surface area contributed by atoms with E-state index in [9.17, 15) is 14.9 Å². The van der Waals surface area contributed by atoms with Crippen molar-refractivity contribution in [3.8, 4) is 23.0 Å². The van der Waals surface area contributed by atoms with E-state index >= 15 is 0 Å². The molecular weight excluding hydrogens is 530 g/mol. The van der Waals surface area contributed by atoms with Crippen LogP contribution < -0.4 is 24.4 Å². The third-order valence-electron chi connectivity index (χ3n) is 3.84. The van der Waals surface area contributed by atoms with E-state index in [1.54, 1.807) is 12.1 Å². The number of hydrazone groups is 1. The van der Waals surface area contributed by atoms with Gasteiger partial charge in [-0.15, -0.1) is 0 Å². The van der Waals surface area contributed by atoms with Gasteiger partial charge >= 0.3 is 5.69 Å². The Labute approximate surface area is 188 Å². The maximum absolute atomic E-state index is 12.7. The number of methoxy groups -OCH3 is 4. The molecule has 0 aliphatic carbocycles. The molecule has 0 saturated carbocycles. The number of nitro benzene ring substituents is 1. The first kappa shape index (κ1) is 23.4. The summed E-state index contributed by atoms with van der Waals surface area (Å²) < 4.78 is 22.1. The monoisotopic (exact) mass is 545 g/mol. The highest BCUT2D eigenvalue weighted by Gasteiger charge is 2.32. The number of hydrogen-bond donors (Lipinski definition) is 1. The normalized spacial score (nSPS) is 10.6. The van der Waals surface area contributed by atoms with Crippen LogP contribution in [0.3, 0.4) is 0 Å². The Kier molecular flexibility index (Phi) is 8.00. The fraction of sp³-hybridized carbons (Fsp3) is 0.222. The number of amides is 1. The summed E-state index contributed by atoms with van der Waals surface area (Å²) in [5, 5.41) is 15.5. The molecule has 0 heterocycles. The average Bonchev–Trinajstić information content (AvgIpc) is 2.71. The van der Waals surface area contributed by atoms with Crippen molar-refractivity contribution in [2.75, 3.05) is 28.4 Å². The van der Waals surface area contributed by atoms with Gasteiger partial charge in [0.2, 0.25) is 11.5 Å². The Morgan fingerprint density at radius 3 is 2.20 bits per heavy atom. The summed E-state index contributed by atoms with van der Waals surface area (Å²) in [6.45, 7) is 0. The van der Waals surface area contributed by atoms with Crippen molar-refractivity contribution in [2.45, 2.75) is 0 Å². The zero-order valence-corrected chi connectivity index (χ0v) is 19.5. The highest BCUT2D eigenvalue weighted by atomic mass is 79.9. The van der Waals surface area contributed by atoms with Gasteiger partial charge in [-0.25, -0.2) is 5.43 Å². The fourth-order valence-corrected chi connectivity index (χ4v) is 4.03. The van der Waals surface area contributed by atoms with Gasteiger partial charge in [-0.1, -0.05) is 15.9 Å². The van der Waals surface area contributed by atoms with Gasteiger partial charge in [0.1, 0.15) is 11.3 Å². The van der Waals surface area contributed by atoms with Crippen LogP contribution in [0.4, 0.5) is 5.69 Å². The molecule has 2 rings (SSSR count). The number of carbonyl (C=O) groups is 1. The van der Waals surface area contributed by atoms with Crippen LogP contribution in [-0.2, 0) is 0 Å². The van der Waals surface area contributed by atoms with Crippen molar-refractivity contribution in [2.24, 2.45) is 5.10 Å². The standard InChI is InChI=1S/C18H17Br2N3O7/c1-27-13-7-11(14(23(25)26)17(30-4)16(13)29-3)18(24)22-21-8-9-5-10(19)6-12(20)15(9)28-2/h5-8H,1-4H3,(H,22,24). The summed E-state index contributed by atoms with van der Waals surface area (Å²) in [5.74, 6) is -0.504. The predicted octanol–water partition coefficient (Wildman–Crippen LogP) is 3.92. The van der Waals surface area contributed by atoms with E-state index in [0.29, 0.717) is 15.8 Å². The van der Waals surface area contributed by atoms with E-state index in [0.717, 1.165) is 4.47 Å². The Balaban J connectivity index is 2.45. The summed E-state index contributed by atoms with van der Waals surface area (Å²) >= 11 is 6.72. The van der Waals surface area contributed by atoms with E-state index in [-0.39, 0.29) is 22.8 Å². The van der Waals surface area contributed by atoms with Gasteiger partial charge in [0.25, 0.3) is 5.91 Å². The van der Waals surface area contributed by atoms with Crippen LogP contribution in [0.5, 0.6) is 23.0 Å². The molecule has 1 amide bonds. The van der Waals surface area contributed by atoms with Crippen LogP contribution in [0.15, 0.2) is 32.2 Å². The lowest BCUT2D eigenvalue weighted by Crippen LogP contribution is -2.20. The summed E-state index contributed by atoms with van der Waals surface area (Å²) in [4.78, 5) is 23.5. The highest BCUT2D eigenvalue weighted by molar-refractivity contribution is 9.11. The lowest BCUT2D eigenvalue weighted by atomic mass is 10.1. The first-order chi connectivity index (χ1) is 14.3. The summed E-state index contributed by atoms with van der Waals surface area (Å²) in [5.41, 5.74) is 1.93. The molecule has 2 aromatic carbocycles. The van der Waals surface area contributed by atoms with Crippen molar-refractivity contribution >= 4 is 49.7 Å². The smallest absolute Gasteiger partial charge is 0.327 e. The molecule has 0 saturated heterocycles. The molecule has 0 spiro atoms. The molecule has 10 nitrogen and oxygen atoms in total. The van der Waals surface area contributed by atoms with Gasteiger partial charge in [-0.3, -0.25) is 14.9 Å². The second-order valence-electron chi connectivity index (χ2n) is 5.51. The molecule has 0 fully saturated rings. The lowest BCUT2D eigenvalue weighted by Gasteiger charge is -2.14. The minimum absolute atomic E-state index is 0.00419. The van der Waals surface area contributed by atoms with E-state index < -0.39 is 16.5 Å². The van der Waals surface area contributed by atoms with E-state index in [2.05, 4.69) is 42.4 Å². The van der Waals surface area contributed by atoms with Gasteiger partial charge in [0.05, 0.1) is 44.0 Å². The molecule has 0 aliphatic rings. The largest absolute Gasteiger partial charge is 0.495 e. The minimum atomic E-state index is -0.842. The molecule has 0 bridgehead atoms. The van der Waals surface area contributed by atoms with Gasteiger partial charge in [0, 0.05) is 16.1 Å². The van der Waals surface area contributed by atoms with Crippen LogP contribution in [0.1, 0.15) is 15.9 Å². The van der Waals surface area contributed by atoms with Gasteiger partial charge in [-0.2, -0.15) is 5.10 Å². The fourth-order valence-electron chi connectivity index (χ4n) is 2.61. The third-order valence-corrected chi connectivity index (χ3v) is 4.89. The quantitative estimate of drug-likeness (QED) is 0.302. The van der Waals surface area contributed by atoms with E-state index in [1.807, 2.05) is 0 Å². The van der Waals surface area contributed by atoms with E-state index in [1.165, 1.54) is 40.7 Å². The van der Waals surface area contributed by atoms with Crippen LogP contribution in [0.25, 0.3) is 0 Å². The molecular formula is C18H17Br2N3O7. The van der Waals surface area contributed by atoms with Crippen LogP contribution in [-0.4, -0.2) is 45.5 Å². The number of carbonyl (C=O) groups excluding carboxylic acids is 1. The Hall–Kier alpha value is -2.86. The summed E-state index contributed by atoms with van der Waals surface area (Å²) in [6.07, 6.45) is 1.34. The molecule has 0 aliphatic heterocycles. The number of halogens is 2. The molecule has 30 heavy (non-hydrogen) atoms. The van der Waals surface area contributed by atoms with Crippen LogP contribution >= 0.6 is 31.9 Å². The third kappa shape index (κ3) is 4.82. The summed E-state index contributed by atoms with van der Waals surface area (Å²) in [6, 6.07) is 4.69. The highest BCUT2D eigenvalue weighted by Crippen LogP contribution is 2.46. The molecule has 0 unspecified atom stereocenters. The molecule has 2 aromatic rings. The molecule has 0 aromatic heterocycles. The molecule has 1 N–H and O–H groups in total. The number of hydrogen-bond acceptors (Lipinski definition) is 8. The first-order valence-electron chi connectivity index (χ1n) is 8.12. The number of benzene rings is 2. The molecule has 12 heteroatoms. The first-order valence-corrected chi connectivity index (χ1v) is 9.71. The minimum Gasteiger partial charge on any atom is -0.495 e. The lowest BCUT2D eigenvalue weighted by molar-refractivity contribution is -0.386. The van der Waals surface area contributed by atoms with Gasteiger partial charge in [0.15, 0.2) is 5.75 Å². The zero-order valence-electron chi connectivity index (χ0n) is 16.3. The number of ether oxygens (including phenoxy) is 4. The Morgan fingerprint density at radius 1 is 1.03 bits per heavy atom. The van der Waals surface area contributed by atoms with Crippen molar-refractivity contribution in [1.29, 1.82) is 0 Å². The Morgan fingerprint density at radius 2 is 1.67 bits per heavy atom. The topological polar surface area (TPSA) is 122 Å². The van der Waals surface area contributed by atoms with Gasteiger partial charge < -0.3 is 18.9 Å². The number of nitrogens with zero attached hydrogens (tertiary/aromatic N) is 2. The zero-order chi connectivity index (χ0) is 22.4. The van der Waals surface area contributed by atoms with Crippen molar-refractivity contribution in [3.05, 3.63) is 48.4 Å². The van der Waals surface area contributed by atoms with E-state index in [4.69, 9.17) is 18.9 Å². The summed E-state index contributed by atoms with van der Waals surface area (Å²) in [7, 11) is 5.35. The van der Waals surface area contributed by atoms with Crippen molar-refractivity contribution < 1.29 is 28.7 Å². The van der Waals surface area contributed by atoms with Gasteiger partial charge in [-0.05, 0) is 28.1 Å². The number of nitro groups is 1. The maximum Gasteiger partial charge on any atom is 0.327 e. The van der Waals surface area contributed by atoms with Crippen molar-refractivity contribution in [1.82, 2.24) is 5.43 Å². The Bertz CT molecular complexity index is 1010. The molecule has 160 valence electrons. The van der Waals surface area contributed by atoms with Crippen LogP contribution in [0.2, 0.25) is 0 Å². The van der Waals surface area contributed by atoms with Crippen molar-refractivity contribution in [3.63, 3.8) is 0 Å². The second-order valence-corrected chi connectivity index (χ2v) is 7.28. The molecule has 0 radical (unpaired) electrons. The average molecular weight is 547 g/mol. The number of nitrogens with one attached hydrogen (secondary N) is 1.